The summed E-state index contributed by atoms with van der Waals surface area (Å²) in [6.45, 7) is 5.65. The molecular formula is C16H20Cl2O4. The van der Waals surface area contributed by atoms with Gasteiger partial charge in [0.2, 0.25) is 0 Å². The molecule has 0 bridgehead atoms. The summed E-state index contributed by atoms with van der Waals surface area (Å²) in [6.07, 6.45) is 1.25. The van der Waals surface area contributed by atoms with E-state index in [1.54, 1.807) is 26.0 Å². The molecule has 1 aromatic rings. The minimum absolute atomic E-state index is 0.133. The summed E-state index contributed by atoms with van der Waals surface area (Å²) in [5.74, 6) is -1.11. The van der Waals surface area contributed by atoms with Gasteiger partial charge in [-0.3, -0.25) is 9.59 Å². The lowest BCUT2D eigenvalue weighted by Gasteiger charge is -2.26. The molecule has 122 valence electrons. The molecule has 0 aliphatic heterocycles. The number of esters is 2. The molecule has 0 fully saturated rings. The molecule has 0 atom stereocenters. The lowest BCUT2D eigenvalue weighted by atomic mass is 9.82. The van der Waals surface area contributed by atoms with E-state index >= 15 is 0 Å². The lowest BCUT2D eigenvalue weighted by Crippen LogP contribution is -2.42. The summed E-state index contributed by atoms with van der Waals surface area (Å²) < 4.78 is 10.5. The predicted molar refractivity (Wildman–Crippen MR) is 86.4 cm³/mol. The molecule has 0 aliphatic carbocycles. The number of carbonyl (C=O) groups excluding carboxylic acids is 2. The molecule has 0 heterocycles. The van der Waals surface area contributed by atoms with Crippen molar-refractivity contribution in [2.75, 3.05) is 6.61 Å². The van der Waals surface area contributed by atoms with Crippen LogP contribution in [0.3, 0.4) is 0 Å². The van der Waals surface area contributed by atoms with Gasteiger partial charge in [0.1, 0.15) is 5.02 Å². The van der Waals surface area contributed by atoms with E-state index in [0.717, 1.165) is 0 Å². The highest BCUT2D eigenvalue weighted by molar-refractivity contribution is 6.43. The van der Waals surface area contributed by atoms with Crippen LogP contribution < -0.4 is 4.74 Å². The summed E-state index contributed by atoms with van der Waals surface area (Å²) in [7, 11) is 0. The van der Waals surface area contributed by atoms with Crippen LogP contribution in [0.1, 0.15) is 40.0 Å². The zero-order valence-electron chi connectivity index (χ0n) is 12.9. The zero-order valence-corrected chi connectivity index (χ0v) is 14.5. The van der Waals surface area contributed by atoms with Crippen molar-refractivity contribution < 1.29 is 19.1 Å². The molecule has 0 radical (unpaired) electrons. The van der Waals surface area contributed by atoms with Crippen molar-refractivity contribution in [2.45, 2.75) is 40.0 Å². The Hall–Kier alpha value is -1.26. The second kappa shape index (κ2) is 8.39. The first-order chi connectivity index (χ1) is 10.4. The van der Waals surface area contributed by atoms with Crippen LogP contribution in [-0.2, 0) is 14.3 Å². The quantitative estimate of drug-likeness (QED) is 0.409. The van der Waals surface area contributed by atoms with Crippen molar-refractivity contribution >= 4 is 35.1 Å². The Morgan fingerprint density at radius 1 is 1.09 bits per heavy atom. The fraction of sp³-hybridized carbons (Fsp3) is 0.500. The van der Waals surface area contributed by atoms with Gasteiger partial charge in [-0.1, -0.05) is 50.0 Å². The van der Waals surface area contributed by atoms with E-state index in [2.05, 4.69) is 0 Å². The second-order valence-corrected chi connectivity index (χ2v) is 5.65. The molecular weight excluding hydrogens is 327 g/mol. The maximum absolute atomic E-state index is 12.5. The fourth-order valence-electron chi connectivity index (χ4n) is 2.00. The maximum atomic E-state index is 12.5. The summed E-state index contributed by atoms with van der Waals surface area (Å²) in [4.78, 5) is 24.8. The topological polar surface area (TPSA) is 52.6 Å². The Balaban J connectivity index is 3.03. The van der Waals surface area contributed by atoms with E-state index in [4.69, 9.17) is 32.7 Å². The third-order valence-electron chi connectivity index (χ3n) is 3.54. The Labute approximate surface area is 140 Å². The molecule has 0 spiro atoms. The number of benzene rings is 1. The van der Waals surface area contributed by atoms with Gasteiger partial charge in [0, 0.05) is 0 Å². The first kappa shape index (κ1) is 18.8. The highest BCUT2D eigenvalue weighted by atomic mass is 35.5. The highest BCUT2D eigenvalue weighted by Crippen LogP contribution is 2.35. The zero-order chi connectivity index (χ0) is 16.8. The van der Waals surface area contributed by atoms with Crippen LogP contribution in [0.25, 0.3) is 0 Å². The third kappa shape index (κ3) is 3.93. The number of halogens is 2. The second-order valence-electron chi connectivity index (χ2n) is 4.87. The standard InChI is InChI=1S/C16H20Cl2O4/c1-4-10-21-14(19)16(5-2,6-3)15(20)22-12-9-7-8-11(17)13(12)18/h7-9H,4-6,10H2,1-3H3. The van der Waals surface area contributed by atoms with Gasteiger partial charge < -0.3 is 9.47 Å². The van der Waals surface area contributed by atoms with Gasteiger partial charge in [-0.05, 0) is 31.4 Å². The Morgan fingerprint density at radius 3 is 2.27 bits per heavy atom. The summed E-state index contributed by atoms with van der Waals surface area (Å²) in [5.41, 5.74) is -1.33. The van der Waals surface area contributed by atoms with Crippen molar-refractivity contribution in [3.63, 3.8) is 0 Å². The predicted octanol–water partition coefficient (Wildman–Crippen LogP) is 4.66. The first-order valence-corrected chi connectivity index (χ1v) is 8.02. The van der Waals surface area contributed by atoms with Crippen LogP contribution in [-0.4, -0.2) is 18.5 Å². The highest BCUT2D eigenvalue weighted by Gasteiger charge is 2.46. The molecule has 6 heteroatoms. The van der Waals surface area contributed by atoms with Gasteiger partial charge in [0.25, 0.3) is 0 Å². The SMILES string of the molecule is CCCOC(=O)C(CC)(CC)C(=O)Oc1cccc(Cl)c1Cl. The van der Waals surface area contributed by atoms with Gasteiger partial charge in [0.05, 0.1) is 11.6 Å². The van der Waals surface area contributed by atoms with Gasteiger partial charge in [-0.25, -0.2) is 0 Å². The van der Waals surface area contributed by atoms with Crippen LogP contribution in [0.2, 0.25) is 10.0 Å². The Bertz CT molecular complexity index is 539. The molecule has 1 rings (SSSR count). The van der Waals surface area contributed by atoms with E-state index in [1.165, 1.54) is 6.07 Å². The van der Waals surface area contributed by atoms with Crippen molar-refractivity contribution in [1.29, 1.82) is 0 Å². The number of ether oxygens (including phenoxy) is 2. The van der Waals surface area contributed by atoms with Gasteiger partial charge in [-0.2, -0.15) is 0 Å². The van der Waals surface area contributed by atoms with Gasteiger partial charge >= 0.3 is 11.9 Å². The fourth-order valence-corrected chi connectivity index (χ4v) is 2.33. The first-order valence-electron chi connectivity index (χ1n) is 7.26. The third-order valence-corrected chi connectivity index (χ3v) is 4.35. The van der Waals surface area contributed by atoms with E-state index in [-0.39, 0.29) is 35.2 Å². The minimum Gasteiger partial charge on any atom is -0.465 e. The van der Waals surface area contributed by atoms with E-state index < -0.39 is 17.4 Å². The molecule has 0 saturated heterocycles. The van der Waals surface area contributed by atoms with E-state index in [1.807, 2.05) is 6.92 Å². The van der Waals surface area contributed by atoms with Crippen LogP contribution in [0.5, 0.6) is 5.75 Å². The molecule has 0 aliphatic rings. The van der Waals surface area contributed by atoms with Crippen LogP contribution in [0.4, 0.5) is 0 Å². The number of hydrogen-bond acceptors (Lipinski definition) is 4. The van der Waals surface area contributed by atoms with Crippen LogP contribution in [0, 0.1) is 5.41 Å². The monoisotopic (exact) mass is 346 g/mol. The van der Waals surface area contributed by atoms with Gasteiger partial charge in [0.15, 0.2) is 11.2 Å². The largest absolute Gasteiger partial charge is 0.465 e. The number of hydrogen-bond donors (Lipinski definition) is 0. The molecule has 0 amide bonds. The number of rotatable bonds is 7. The molecule has 1 aromatic carbocycles. The van der Waals surface area contributed by atoms with Crippen molar-refractivity contribution in [2.24, 2.45) is 5.41 Å². The smallest absolute Gasteiger partial charge is 0.328 e. The Kier molecular flexibility index (Phi) is 7.17. The molecule has 22 heavy (non-hydrogen) atoms. The van der Waals surface area contributed by atoms with Crippen LogP contribution >= 0.6 is 23.2 Å². The number of carbonyl (C=O) groups is 2. The molecule has 0 N–H and O–H groups in total. The minimum atomic E-state index is -1.33. The summed E-state index contributed by atoms with van der Waals surface area (Å²) >= 11 is 11.9. The van der Waals surface area contributed by atoms with E-state index in [9.17, 15) is 9.59 Å². The lowest BCUT2D eigenvalue weighted by molar-refractivity contribution is -0.168. The molecule has 0 aromatic heterocycles. The normalized spacial score (nSPS) is 11.1. The molecule has 0 saturated carbocycles. The van der Waals surface area contributed by atoms with Crippen LogP contribution in [0.15, 0.2) is 18.2 Å². The average molecular weight is 347 g/mol. The Morgan fingerprint density at radius 2 is 1.73 bits per heavy atom. The summed E-state index contributed by atoms with van der Waals surface area (Å²) in [6, 6.07) is 4.73. The van der Waals surface area contributed by atoms with Crippen molar-refractivity contribution in [3.8, 4) is 5.75 Å². The van der Waals surface area contributed by atoms with E-state index in [0.29, 0.717) is 6.42 Å². The maximum Gasteiger partial charge on any atom is 0.328 e. The molecule has 4 nitrogen and oxygen atoms in total. The average Bonchev–Trinajstić information content (AvgIpc) is 2.51. The summed E-state index contributed by atoms with van der Waals surface area (Å²) in [5, 5.41) is 0.416. The van der Waals surface area contributed by atoms with Crippen molar-refractivity contribution in [3.05, 3.63) is 28.2 Å². The molecule has 0 unspecified atom stereocenters. The van der Waals surface area contributed by atoms with Crippen molar-refractivity contribution in [1.82, 2.24) is 0 Å². The van der Waals surface area contributed by atoms with Gasteiger partial charge in [-0.15, -0.1) is 0 Å².